The van der Waals surface area contributed by atoms with E-state index in [1.807, 2.05) is 0 Å². The first-order valence-electron chi connectivity index (χ1n) is 7.20. The molecule has 1 atom stereocenters. The number of sulfonamides is 1. The Bertz CT molecular complexity index is 655. The molecule has 0 aliphatic carbocycles. The summed E-state index contributed by atoms with van der Waals surface area (Å²) in [5, 5.41) is 8.87. The van der Waals surface area contributed by atoms with Crippen LogP contribution in [0.2, 0.25) is 0 Å². The molecule has 0 aliphatic rings. The molecule has 0 heterocycles. The Morgan fingerprint density at radius 1 is 1.26 bits per heavy atom. The Kier molecular flexibility index (Phi) is 6.71. The maximum Gasteiger partial charge on any atom is 0.308 e. The lowest BCUT2D eigenvalue weighted by atomic mass is 10.1. The molecular formula is C15H22N2O5S. The topological polar surface area (TPSA) is 104 Å². The molecule has 0 fully saturated rings. The summed E-state index contributed by atoms with van der Waals surface area (Å²) >= 11 is 0. The van der Waals surface area contributed by atoms with Crippen molar-refractivity contribution in [1.82, 2.24) is 9.62 Å². The third kappa shape index (κ3) is 5.99. The van der Waals surface area contributed by atoms with Crippen LogP contribution in [0.5, 0.6) is 0 Å². The number of carbonyl (C=O) groups is 2. The number of carboxylic acid groups (broad SMARTS) is 1. The summed E-state index contributed by atoms with van der Waals surface area (Å²) in [6.07, 6.45) is 0. The molecule has 7 nitrogen and oxygen atoms in total. The SMILES string of the molecule is CCS(=O)(=O)NCc1ccc(C(=O)N(C)CC(C)C(=O)O)cc1. The highest BCUT2D eigenvalue weighted by Crippen LogP contribution is 2.09. The van der Waals surface area contributed by atoms with Gasteiger partial charge in [0, 0.05) is 25.7 Å². The molecule has 23 heavy (non-hydrogen) atoms. The molecule has 1 unspecified atom stereocenters. The molecule has 0 bridgehead atoms. The summed E-state index contributed by atoms with van der Waals surface area (Å²) in [7, 11) is -1.71. The van der Waals surface area contributed by atoms with Crippen molar-refractivity contribution < 1.29 is 23.1 Å². The van der Waals surface area contributed by atoms with E-state index in [0.717, 1.165) is 5.56 Å². The van der Waals surface area contributed by atoms with Crippen LogP contribution in [0.4, 0.5) is 0 Å². The van der Waals surface area contributed by atoms with Crippen LogP contribution in [0, 0.1) is 5.92 Å². The van der Waals surface area contributed by atoms with E-state index in [4.69, 9.17) is 5.11 Å². The Morgan fingerprint density at radius 3 is 2.30 bits per heavy atom. The second-order valence-corrected chi connectivity index (χ2v) is 7.44. The van der Waals surface area contributed by atoms with Gasteiger partial charge in [0.1, 0.15) is 0 Å². The molecule has 128 valence electrons. The lowest BCUT2D eigenvalue weighted by molar-refractivity contribution is -0.141. The number of carboxylic acids is 1. The average molecular weight is 342 g/mol. The molecule has 0 aliphatic heterocycles. The highest BCUT2D eigenvalue weighted by atomic mass is 32.2. The van der Waals surface area contributed by atoms with Crippen LogP contribution in [0.3, 0.4) is 0 Å². The third-order valence-corrected chi connectivity index (χ3v) is 4.74. The van der Waals surface area contributed by atoms with Crippen molar-refractivity contribution in [1.29, 1.82) is 0 Å². The van der Waals surface area contributed by atoms with Crippen molar-refractivity contribution in [2.45, 2.75) is 20.4 Å². The number of carbonyl (C=O) groups excluding carboxylic acids is 1. The van der Waals surface area contributed by atoms with Crippen molar-refractivity contribution in [2.75, 3.05) is 19.3 Å². The van der Waals surface area contributed by atoms with Gasteiger partial charge in [0.15, 0.2) is 0 Å². The van der Waals surface area contributed by atoms with E-state index in [9.17, 15) is 18.0 Å². The summed E-state index contributed by atoms with van der Waals surface area (Å²) < 4.78 is 25.2. The van der Waals surface area contributed by atoms with E-state index in [2.05, 4.69) is 4.72 Å². The van der Waals surface area contributed by atoms with Gasteiger partial charge in [0.25, 0.3) is 5.91 Å². The molecule has 0 saturated heterocycles. The van der Waals surface area contributed by atoms with E-state index in [1.54, 1.807) is 38.2 Å². The third-order valence-electron chi connectivity index (χ3n) is 3.39. The van der Waals surface area contributed by atoms with Crippen molar-refractivity contribution in [3.63, 3.8) is 0 Å². The molecule has 0 radical (unpaired) electrons. The molecule has 1 rings (SSSR count). The molecule has 1 amide bonds. The Balaban J connectivity index is 2.68. The fourth-order valence-electron chi connectivity index (χ4n) is 1.85. The molecule has 0 saturated carbocycles. The van der Waals surface area contributed by atoms with Crippen LogP contribution >= 0.6 is 0 Å². The van der Waals surface area contributed by atoms with Crippen molar-refractivity contribution >= 4 is 21.9 Å². The van der Waals surface area contributed by atoms with E-state index in [0.29, 0.717) is 5.56 Å². The van der Waals surface area contributed by atoms with Crippen LogP contribution in [-0.4, -0.2) is 49.6 Å². The van der Waals surface area contributed by atoms with Crippen molar-refractivity contribution in [3.05, 3.63) is 35.4 Å². The van der Waals surface area contributed by atoms with Gasteiger partial charge in [-0.3, -0.25) is 9.59 Å². The minimum atomic E-state index is -3.26. The minimum Gasteiger partial charge on any atom is -0.481 e. The number of benzene rings is 1. The predicted octanol–water partition coefficient (Wildman–Crippen LogP) is 0.919. The second kappa shape index (κ2) is 8.07. The summed E-state index contributed by atoms with van der Waals surface area (Å²) in [4.78, 5) is 24.4. The van der Waals surface area contributed by atoms with Crippen LogP contribution in [0.1, 0.15) is 29.8 Å². The first-order valence-corrected chi connectivity index (χ1v) is 8.86. The van der Waals surface area contributed by atoms with Gasteiger partial charge in [-0.05, 0) is 24.6 Å². The predicted molar refractivity (Wildman–Crippen MR) is 86.5 cm³/mol. The first-order chi connectivity index (χ1) is 10.7. The van der Waals surface area contributed by atoms with Crippen LogP contribution in [-0.2, 0) is 21.4 Å². The minimum absolute atomic E-state index is 0.0100. The maximum atomic E-state index is 12.2. The molecule has 1 aromatic rings. The molecule has 0 aromatic heterocycles. The van der Waals surface area contributed by atoms with Crippen LogP contribution in [0.25, 0.3) is 0 Å². The number of nitrogens with zero attached hydrogens (tertiary/aromatic N) is 1. The largest absolute Gasteiger partial charge is 0.481 e. The summed E-state index contributed by atoms with van der Waals surface area (Å²) in [5.41, 5.74) is 1.16. The monoisotopic (exact) mass is 342 g/mol. The highest BCUT2D eigenvalue weighted by molar-refractivity contribution is 7.89. The number of rotatable bonds is 8. The Morgan fingerprint density at radius 2 is 1.83 bits per heavy atom. The number of aliphatic carboxylic acids is 1. The Labute approximate surface area is 136 Å². The lowest BCUT2D eigenvalue weighted by Crippen LogP contribution is -2.33. The van der Waals surface area contributed by atoms with Crippen LogP contribution < -0.4 is 4.72 Å². The van der Waals surface area contributed by atoms with Gasteiger partial charge in [-0.25, -0.2) is 13.1 Å². The number of hydrogen-bond donors (Lipinski definition) is 2. The smallest absolute Gasteiger partial charge is 0.308 e. The number of nitrogens with one attached hydrogen (secondary N) is 1. The standard InChI is InChI=1S/C15H22N2O5S/c1-4-23(21,22)16-9-12-5-7-13(8-6-12)14(18)17(3)10-11(2)15(19)20/h5-8,11,16H,4,9-10H2,1-3H3,(H,19,20). The van der Waals surface area contributed by atoms with E-state index in [1.165, 1.54) is 11.8 Å². The zero-order valence-corrected chi connectivity index (χ0v) is 14.3. The molecular weight excluding hydrogens is 320 g/mol. The van der Waals surface area contributed by atoms with Gasteiger partial charge in [0.2, 0.25) is 10.0 Å². The van der Waals surface area contributed by atoms with Gasteiger partial charge in [-0.2, -0.15) is 0 Å². The first kappa shape index (κ1) is 19.1. The van der Waals surface area contributed by atoms with E-state index in [-0.39, 0.29) is 24.7 Å². The Hall–Kier alpha value is -1.93. The van der Waals surface area contributed by atoms with Gasteiger partial charge >= 0.3 is 5.97 Å². The summed E-state index contributed by atoms with van der Waals surface area (Å²) in [6, 6.07) is 6.53. The van der Waals surface area contributed by atoms with Crippen molar-refractivity contribution in [3.8, 4) is 0 Å². The maximum absolute atomic E-state index is 12.2. The molecule has 8 heteroatoms. The summed E-state index contributed by atoms with van der Waals surface area (Å²) in [5.74, 6) is -1.87. The molecule has 2 N–H and O–H groups in total. The van der Waals surface area contributed by atoms with Crippen LogP contribution in [0.15, 0.2) is 24.3 Å². The molecule has 0 spiro atoms. The lowest BCUT2D eigenvalue weighted by Gasteiger charge is -2.19. The number of hydrogen-bond acceptors (Lipinski definition) is 4. The van der Waals surface area contributed by atoms with Gasteiger partial charge in [-0.15, -0.1) is 0 Å². The number of amides is 1. The fraction of sp³-hybridized carbons (Fsp3) is 0.467. The average Bonchev–Trinajstić information content (AvgIpc) is 2.52. The highest BCUT2D eigenvalue weighted by Gasteiger charge is 2.18. The fourth-order valence-corrected chi connectivity index (χ4v) is 2.44. The zero-order chi connectivity index (χ0) is 17.6. The van der Waals surface area contributed by atoms with Crippen molar-refractivity contribution in [2.24, 2.45) is 5.92 Å². The van der Waals surface area contributed by atoms with Gasteiger partial charge < -0.3 is 10.0 Å². The van der Waals surface area contributed by atoms with Gasteiger partial charge in [0.05, 0.1) is 11.7 Å². The zero-order valence-electron chi connectivity index (χ0n) is 13.4. The van der Waals surface area contributed by atoms with E-state index >= 15 is 0 Å². The van der Waals surface area contributed by atoms with Gasteiger partial charge in [-0.1, -0.05) is 19.1 Å². The summed E-state index contributed by atoms with van der Waals surface area (Å²) in [6.45, 7) is 3.37. The van der Waals surface area contributed by atoms with E-state index < -0.39 is 21.9 Å². The normalized spacial score (nSPS) is 12.7. The molecule has 1 aromatic carbocycles. The second-order valence-electron chi connectivity index (χ2n) is 5.35. The quantitative estimate of drug-likeness (QED) is 0.731.